The van der Waals surface area contributed by atoms with Gasteiger partial charge in [0.1, 0.15) is 0 Å². The van der Waals surface area contributed by atoms with Crippen molar-refractivity contribution >= 4 is 5.95 Å². The maximum atomic E-state index is 11.5. The fourth-order valence-corrected chi connectivity index (χ4v) is 2.04. The first-order valence-corrected chi connectivity index (χ1v) is 6.38. The maximum Gasteiger partial charge on any atom is 0.266 e. The Morgan fingerprint density at radius 1 is 1.10 bits per heavy atom. The van der Waals surface area contributed by atoms with Crippen molar-refractivity contribution in [1.29, 1.82) is 0 Å². The second kappa shape index (κ2) is 5.16. The Bertz CT molecular complexity index is 842. The number of rotatable bonds is 2. The van der Waals surface area contributed by atoms with Gasteiger partial charge in [-0.1, -0.05) is 30.3 Å². The minimum atomic E-state index is -0.170. The third-order valence-corrected chi connectivity index (χ3v) is 3.09. The molecule has 0 atom stereocenters. The Balaban J connectivity index is 2.23. The van der Waals surface area contributed by atoms with E-state index in [0.717, 1.165) is 11.1 Å². The van der Waals surface area contributed by atoms with Gasteiger partial charge in [0.15, 0.2) is 0 Å². The molecule has 6 nitrogen and oxygen atoms in total. The van der Waals surface area contributed by atoms with E-state index in [1.54, 1.807) is 19.3 Å². The molecule has 0 radical (unpaired) electrons. The monoisotopic (exact) mass is 279 g/mol. The molecule has 3 aromatic rings. The highest BCUT2D eigenvalue weighted by molar-refractivity contribution is 5.78. The van der Waals surface area contributed by atoms with Crippen molar-refractivity contribution in [3.63, 3.8) is 0 Å². The molecular weight excluding hydrogens is 266 g/mol. The van der Waals surface area contributed by atoms with Crippen LogP contribution in [0.5, 0.6) is 0 Å². The highest BCUT2D eigenvalue weighted by Crippen LogP contribution is 2.28. The van der Waals surface area contributed by atoms with Gasteiger partial charge in [-0.25, -0.2) is 14.6 Å². The standard InChI is InChI=1S/C15H13N5O/c1-20-13(21)8-7-12(19-20)11-9-17-15(16)18-14(11)10-5-3-2-4-6-10/h2-9H,1H3,(H2,16,17,18). The Hall–Kier alpha value is -3.02. The van der Waals surface area contributed by atoms with E-state index in [2.05, 4.69) is 15.1 Å². The van der Waals surface area contributed by atoms with Crippen molar-refractivity contribution in [3.05, 3.63) is 59.0 Å². The van der Waals surface area contributed by atoms with Crippen LogP contribution >= 0.6 is 0 Å². The third-order valence-electron chi connectivity index (χ3n) is 3.09. The second-order valence-corrected chi connectivity index (χ2v) is 4.54. The average molecular weight is 279 g/mol. The van der Waals surface area contributed by atoms with Gasteiger partial charge >= 0.3 is 0 Å². The SMILES string of the molecule is Cn1nc(-c2cnc(N)nc2-c2ccccc2)ccc1=O. The topological polar surface area (TPSA) is 86.7 Å². The number of benzene rings is 1. The zero-order valence-corrected chi connectivity index (χ0v) is 11.4. The van der Waals surface area contributed by atoms with E-state index in [0.29, 0.717) is 11.4 Å². The van der Waals surface area contributed by atoms with Gasteiger partial charge in [0.25, 0.3) is 5.56 Å². The molecule has 104 valence electrons. The Kier molecular flexibility index (Phi) is 3.19. The highest BCUT2D eigenvalue weighted by Gasteiger charge is 2.12. The first-order valence-electron chi connectivity index (χ1n) is 6.38. The zero-order valence-electron chi connectivity index (χ0n) is 11.4. The minimum absolute atomic E-state index is 0.170. The first kappa shape index (κ1) is 13.0. The summed E-state index contributed by atoms with van der Waals surface area (Å²) in [5, 5.41) is 4.24. The van der Waals surface area contributed by atoms with Gasteiger partial charge < -0.3 is 5.73 Å². The molecule has 0 bridgehead atoms. The van der Waals surface area contributed by atoms with Gasteiger partial charge in [-0.15, -0.1) is 0 Å². The molecule has 3 rings (SSSR count). The zero-order chi connectivity index (χ0) is 14.8. The summed E-state index contributed by atoms with van der Waals surface area (Å²) in [7, 11) is 1.60. The van der Waals surface area contributed by atoms with E-state index in [-0.39, 0.29) is 11.5 Å². The van der Waals surface area contributed by atoms with Crippen LogP contribution < -0.4 is 11.3 Å². The van der Waals surface area contributed by atoms with Crippen LogP contribution in [0.2, 0.25) is 0 Å². The van der Waals surface area contributed by atoms with Crippen LogP contribution in [0.4, 0.5) is 5.95 Å². The van der Waals surface area contributed by atoms with Gasteiger partial charge in [0, 0.05) is 30.4 Å². The molecule has 0 unspecified atom stereocenters. The number of nitrogens with zero attached hydrogens (tertiary/aromatic N) is 4. The van der Waals surface area contributed by atoms with E-state index in [1.165, 1.54) is 10.7 Å². The van der Waals surface area contributed by atoms with Crippen LogP contribution in [0.1, 0.15) is 0 Å². The van der Waals surface area contributed by atoms with E-state index >= 15 is 0 Å². The largest absolute Gasteiger partial charge is 0.368 e. The van der Waals surface area contributed by atoms with Crippen LogP contribution in [0, 0.1) is 0 Å². The smallest absolute Gasteiger partial charge is 0.266 e. The van der Waals surface area contributed by atoms with E-state index in [9.17, 15) is 4.79 Å². The summed E-state index contributed by atoms with van der Waals surface area (Å²) < 4.78 is 1.28. The van der Waals surface area contributed by atoms with Crippen LogP contribution in [0.3, 0.4) is 0 Å². The summed E-state index contributed by atoms with van der Waals surface area (Å²) in [4.78, 5) is 19.8. The number of aryl methyl sites for hydroxylation is 1. The minimum Gasteiger partial charge on any atom is -0.368 e. The third kappa shape index (κ3) is 2.51. The van der Waals surface area contributed by atoms with Crippen LogP contribution in [0.25, 0.3) is 22.5 Å². The summed E-state index contributed by atoms with van der Waals surface area (Å²) in [6.45, 7) is 0. The molecule has 1 aromatic carbocycles. The van der Waals surface area contributed by atoms with Crippen LogP contribution in [-0.2, 0) is 7.05 Å². The van der Waals surface area contributed by atoms with E-state index in [1.807, 2.05) is 30.3 Å². The molecule has 0 fully saturated rings. The Labute approximate surface area is 120 Å². The van der Waals surface area contributed by atoms with E-state index < -0.39 is 0 Å². The molecule has 0 aliphatic carbocycles. The van der Waals surface area contributed by atoms with Crippen molar-refractivity contribution in [1.82, 2.24) is 19.7 Å². The predicted octanol–water partition coefficient (Wildman–Crippen LogP) is 1.49. The molecule has 2 aromatic heterocycles. The Morgan fingerprint density at radius 3 is 2.57 bits per heavy atom. The lowest BCUT2D eigenvalue weighted by molar-refractivity contribution is 0.712. The fraction of sp³-hybridized carbons (Fsp3) is 0.0667. The van der Waals surface area contributed by atoms with Crippen LogP contribution in [-0.4, -0.2) is 19.7 Å². The number of hydrogen-bond donors (Lipinski definition) is 1. The number of nitrogens with two attached hydrogens (primary N) is 1. The average Bonchev–Trinajstić information content (AvgIpc) is 2.51. The molecular formula is C15H13N5O. The second-order valence-electron chi connectivity index (χ2n) is 4.54. The number of anilines is 1. The quantitative estimate of drug-likeness (QED) is 0.768. The lowest BCUT2D eigenvalue weighted by Gasteiger charge is -2.09. The lowest BCUT2D eigenvalue weighted by Crippen LogP contribution is -2.18. The fourth-order valence-electron chi connectivity index (χ4n) is 2.04. The van der Waals surface area contributed by atoms with Gasteiger partial charge in [0.2, 0.25) is 5.95 Å². The van der Waals surface area contributed by atoms with Crippen molar-refractivity contribution in [2.45, 2.75) is 0 Å². The maximum absolute atomic E-state index is 11.5. The number of hydrogen-bond acceptors (Lipinski definition) is 5. The molecule has 0 aliphatic heterocycles. The van der Waals surface area contributed by atoms with Crippen molar-refractivity contribution in [2.75, 3.05) is 5.73 Å². The molecule has 21 heavy (non-hydrogen) atoms. The van der Waals surface area contributed by atoms with Crippen molar-refractivity contribution in [3.8, 4) is 22.5 Å². The molecule has 6 heteroatoms. The highest BCUT2D eigenvalue weighted by atomic mass is 16.1. The molecule has 2 heterocycles. The molecule has 0 saturated carbocycles. The molecule has 0 saturated heterocycles. The van der Waals surface area contributed by atoms with E-state index in [4.69, 9.17) is 5.73 Å². The summed E-state index contributed by atoms with van der Waals surface area (Å²) >= 11 is 0. The van der Waals surface area contributed by atoms with Gasteiger partial charge in [-0.05, 0) is 6.07 Å². The van der Waals surface area contributed by atoms with Crippen molar-refractivity contribution in [2.24, 2.45) is 7.05 Å². The normalized spacial score (nSPS) is 10.5. The molecule has 0 amide bonds. The Morgan fingerprint density at radius 2 is 1.86 bits per heavy atom. The summed E-state index contributed by atoms with van der Waals surface area (Å²) in [6, 6.07) is 12.8. The number of aromatic nitrogens is 4. The molecule has 0 aliphatic rings. The summed E-state index contributed by atoms with van der Waals surface area (Å²) in [6.07, 6.45) is 1.62. The first-order chi connectivity index (χ1) is 10.1. The lowest BCUT2D eigenvalue weighted by atomic mass is 10.0. The summed E-state index contributed by atoms with van der Waals surface area (Å²) in [5.74, 6) is 0.197. The predicted molar refractivity (Wildman–Crippen MR) is 80.4 cm³/mol. The molecule has 0 spiro atoms. The van der Waals surface area contributed by atoms with Gasteiger partial charge in [-0.3, -0.25) is 4.79 Å². The van der Waals surface area contributed by atoms with Crippen LogP contribution in [0.15, 0.2) is 53.5 Å². The number of nitrogen functional groups attached to an aromatic ring is 1. The molecule has 2 N–H and O–H groups in total. The summed E-state index contributed by atoms with van der Waals surface area (Å²) in [5.41, 5.74) is 8.48. The van der Waals surface area contributed by atoms with Gasteiger partial charge in [-0.2, -0.15) is 5.10 Å². The van der Waals surface area contributed by atoms with Crippen molar-refractivity contribution < 1.29 is 0 Å². The van der Waals surface area contributed by atoms with Gasteiger partial charge in [0.05, 0.1) is 11.4 Å².